The van der Waals surface area contributed by atoms with Crippen LogP contribution in [0.25, 0.3) is 17.2 Å². The highest BCUT2D eigenvalue weighted by Gasteiger charge is 2.37. The summed E-state index contributed by atoms with van der Waals surface area (Å²) in [6, 6.07) is 5.66. The van der Waals surface area contributed by atoms with Crippen LogP contribution in [0.5, 0.6) is 23.0 Å². The van der Waals surface area contributed by atoms with Gasteiger partial charge in [0.1, 0.15) is 0 Å². The fraction of sp³-hybridized carbons (Fsp3) is 0.448. The molecule has 0 saturated carbocycles. The molecule has 1 heterocycles. The first-order valence-electron chi connectivity index (χ1n) is 12.1. The van der Waals surface area contributed by atoms with E-state index >= 15 is 0 Å². The van der Waals surface area contributed by atoms with Gasteiger partial charge in [0.25, 0.3) is 0 Å². The molecule has 1 atom stereocenters. The van der Waals surface area contributed by atoms with Crippen LogP contribution in [0.4, 0.5) is 0 Å². The lowest BCUT2D eigenvalue weighted by molar-refractivity contribution is -0.143. The number of hydrogen-bond donors (Lipinski definition) is 0. The normalized spacial score (nSPS) is 16.1. The summed E-state index contributed by atoms with van der Waals surface area (Å²) in [5.74, 6) is 0.989. The Kier molecular flexibility index (Phi) is 6.31. The first-order chi connectivity index (χ1) is 16.8. The quantitative estimate of drug-likeness (QED) is 0.394. The van der Waals surface area contributed by atoms with E-state index in [1.165, 1.54) is 0 Å². The van der Waals surface area contributed by atoms with Crippen LogP contribution in [-0.4, -0.2) is 38.1 Å². The highest BCUT2D eigenvalue weighted by molar-refractivity contribution is 5.89. The molecule has 0 bridgehead atoms. The maximum Gasteiger partial charge on any atom is 0.316 e. The molecule has 0 aromatic heterocycles. The number of rotatable bonds is 4. The Morgan fingerprint density at radius 1 is 0.861 bits per heavy atom. The van der Waals surface area contributed by atoms with E-state index in [2.05, 4.69) is 4.90 Å². The smallest absolute Gasteiger partial charge is 0.316 e. The summed E-state index contributed by atoms with van der Waals surface area (Å²) in [6.07, 6.45) is 4.74. The van der Waals surface area contributed by atoms with Gasteiger partial charge in [-0.15, -0.1) is 0 Å². The molecular weight excluding hydrogens is 458 g/mol. The second-order valence-electron chi connectivity index (χ2n) is 11.4. The lowest BCUT2D eigenvalue weighted by Crippen LogP contribution is -2.29. The topological polar surface area (TPSA) is 74.3 Å². The van der Waals surface area contributed by atoms with E-state index in [-0.39, 0.29) is 18.0 Å². The molecule has 0 spiro atoms. The molecule has 0 radical (unpaired) electrons. The SMILES string of the molecule is COc1cc2c(cc1OC(=O)C(C)(C)C)C[C@H]1c3c(cc(OC(=O)C(C)(C)C)c(OC)c3-2)C=CN1C. The van der Waals surface area contributed by atoms with E-state index in [4.69, 9.17) is 18.9 Å². The molecule has 1 aliphatic heterocycles. The van der Waals surface area contributed by atoms with Gasteiger partial charge in [0, 0.05) is 12.6 Å². The van der Waals surface area contributed by atoms with Gasteiger partial charge in [-0.3, -0.25) is 9.59 Å². The van der Waals surface area contributed by atoms with Crippen molar-refractivity contribution in [3.05, 3.63) is 41.1 Å². The summed E-state index contributed by atoms with van der Waals surface area (Å²) in [7, 11) is 5.16. The number of hydrogen-bond acceptors (Lipinski definition) is 7. The zero-order valence-electron chi connectivity index (χ0n) is 22.6. The molecule has 7 heteroatoms. The van der Waals surface area contributed by atoms with Gasteiger partial charge in [-0.25, -0.2) is 0 Å². The van der Waals surface area contributed by atoms with Crippen LogP contribution in [-0.2, 0) is 16.0 Å². The van der Waals surface area contributed by atoms with Crippen LogP contribution in [0.2, 0.25) is 0 Å². The molecule has 0 unspecified atom stereocenters. The van der Waals surface area contributed by atoms with Crippen molar-refractivity contribution in [3.8, 4) is 34.1 Å². The van der Waals surface area contributed by atoms with E-state index in [9.17, 15) is 9.59 Å². The Labute approximate surface area is 213 Å². The summed E-state index contributed by atoms with van der Waals surface area (Å²) < 4.78 is 23.2. The van der Waals surface area contributed by atoms with Crippen molar-refractivity contribution in [1.29, 1.82) is 0 Å². The number of nitrogens with zero attached hydrogens (tertiary/aromatic N) is 1. The van der Waals surface area contributed by atoms with Crippen LogP contribution in [0.3, 0.4) is 0 Å². The highest BCUT2D eigenvalue weighted by Crippen LogP contribution is 2.54. The number of ether oxygens (including phenoxy) is 4. The first kappa shape index (κ1) is 25.6. The third-order valence-corrected chi connectivity index (χ3v) is 6.54. The van der Waals surface area contributed by atoms with Crippen LogP contribution >= 0.6 is 0 Å². The van der Waals surface area contributed by atoms with E-state index < -0.39 is 10.8 Å². The second-order valence-corrected chi connectivity index (χ2v) is 11.4. The fourth-order valence-corrected chi connectivity index (χ4v) is 4.43. The third-order valence-electron chi connectivity index (χ3n) is 6.54. The maximum absolute atomic E-state index is 12.8. The number of fused-ring (bicyclic) bond motifs is 2. The van der Waals surface area contributed by atoms with Gasteiger partial charge < -0.3 is 23.8 Å². The second kappa shape index (κ2) is 8.87. The number of benzene rings is 2. The molecule has 0 fully saturated rings. The number of methoxy groups -OCH3 is 2. The Hall–Kier alpha value is -3.48. The minimum atomic E-state index is -0.677. The number of carbonyl (C=O) groups is 2. The first-order valence-corrected chi connectivity index (χ1v) is 12.1. The highest BCUT2D eigenvalue weighted by atomic mass is 16.6. The maximum atomic E-state index is 12.8. The van der Waals surface area contributed by atoms with E-state index in [1.54, 1.807) is 14.2 Å². The summed E-state index contributed by atoms with van der Waals surface area (Å²) in [6.45, 7) is 10.9. The lowest BCUT2D eigenvalue weighted by atomic mass is 9.77. The largest absolute Gasteiger partial charge is 0.493 e. The molecule has 0 saturated heterocycles. The van der Waals surface area contributed by atoms with Crippen LogP contribution in [0.15, 0.2) is 24.4 Å². The van der Waals surface area contributed by atoms with Gasteiger partial charge in [0.15, 0.2) is 23.0 Å². The Balaban J connectivity index is 1.94. The zero-order valence-corrected chi connectivity index (χ0v) is 22.6. The summed E-state index contributed by atoms with van der Waals surface area (Å²) >= 11 is 0. The van der Waals surface area contributed by atoms with Crippen LogP contribution < -0.4 is 18.9 Å². The molecule has 192 valence electrons. The van der Waals surface area contributed by atoms with E-state index in [1.807, 2.05) is 79.1 Å². The van der Waals surface area contributed by atoms with E-state index in [0.717, 1.165) is 27.8 Å². The van der Waals surface area contributed by atoms with Gasteiger partial charge in [-0.2, -0.15) is 0 Å². The van der Waals surface area contributed by atoms with Crippen LogP contribution in [0.1, 0.15) is 64.3 Å². The summed E-state index contributed by atoms with van der Waals surface area (Å²) in [5.41, 5.74) is 3.45. The third kappa shape index (κ3) is 4.43. The molecular formula is C29H35NO6. The number of likely N-dealkylation sites (N-methyl/N-ethyl adjacent to an activating group) is 1. The van der Waals surface area contributed by atoms with Gasteiger partial charge in [0.2, 0.25) is 0 Å². The van der Waals surface area contributed by atoms with Crippen molar-refractivity contribution in [3.63, 3.8) is 0 Å². The molecule has 0 N–H and O–H groups in total. The van der Waals surface area contributed by atoms with Crippen molar-refractivity contribution < 1.29 is 28.5 Å². The molecule has 36 heavy (non-hydrogen) atoms. The van der Waals surface area contributed by atoms with Gasteiger partial charge in [-0.05, 0) is 101 Å². The standard InChI is InChI=1S/C29H35NO6/c1-28(2,3)26(31)35-21-14-17-12-19-23-16(10-11-30(19)7)13-22(36-27(32)29(4,5)6)25(34-9)24(23)18(17)15-20(21)33-8/h10-11,13-15,19H,12H2,1-9H3/t19-/m0/s1. The Bertz CT molecular complexity index is 1260. The van der Waals surface area contributed by atoms with Crippen LogP contribution in [0, 0.1) is 10.8 Å². The van der Waals surface area contributed by atoms with E-state index in [0.29, 0.717) is 29.4 Å². The minimum absolute atomic E-state index is 0.0355. The molecule has 2 aromatic rings. The van der Waals surface area contributed by atoms with Gasteiger partial charge >= 0.3 is 11.9 Å². The molecule has 0 amide bonds. The number of esters is 2. The van der Waals surface area contributed by atoms with Gasteiger partial charge in [0.05, 0.1) is 31.1 Å². The zero-order chi connectivity index (χ0) is 26.6. The van der Waals surface area contributed by atoms with Gasteiger partial charge in [-0.1, -0.05) is 0 Å². The predicted molar refractivity (Wildman–Crippen MR) is 138 cm³/mol. The molecule has 2 aromatic carbocycles. The fourth-order valence-electron chi connectivity index (χ4n) is 4.43. The number of carbonyl (C=O) groups excluding carboxylic acids is 2. The minimum Gasteiger partial charge on any atom is -0.493 e. The Morgan fingerprint density at radius 2 is 1.47 bits per heavy atom. The summed E-state index contributed by atoms with van der Waals surface area (Å²) in [5, 5.41) is 0. The van der Waals surface area contributed by atoms with Crippen molar-refractivity contribution in [2.24, 2.45) is 10.8 Å². The van der Waals surface area contributed by atoms with Crippen molar-refractivity contribution in [2.45, 2.75) is 54.0 Å². The van der Waals surface area contributed by atoms with Crippen molar-refractivity contribution in [1.82, 2.24) is 4.90 Å². The predicted octanol–water partition coefficient (Wildman–Crippen LogP) is 5.79. The molecule has 4 rings (SSSR count). The monoisotopic (exact) mass is 493 g/mol. The molecule has 7 nitrogen and oxygen atoms in total. The average molecular weight is 494 g/mol. The molecule has 2 aliphatic rings. The lowest BCUT2D eigenvalue weighted by Gasteiger charge is -2.39. The van der Waals surface area contributed by atoms with Crippen molar-refractivity contribution in [2.75, 3.05) is 21.3 Å². The Morgan fingerprint density at radius 3 is 2.03 bits per heavy atom. The van der Waals surface area contributed by atoms with Crippen molar-refractivity contribution >= 4 is 18.0 Å². The average Bonchev–Trinajstić information content (AvgIpc) is 2.79. The molecule has 1 aliphatic carbocycles. The summed E-state index contributed by atoms with van der Waals surface area (Å²) in [4.78, 5) is 27.6.